The minimum Gasteiger partial charge on any atom is -0.326 e. The van der Waals surface area contributed by atoms with Gasteiger partial charge >= 0.3 is 0 Å². The number of sulfonamides is 1. The highest BCUT2D eigenvalue weighted by Gasteiger charge is 2.19. The number of hydrogen-bond donors (Lipinski definition) is 3. The summed E-state index contributed by atoms with van der Waals surface area (Å²) >= 11 is 6.16. The molecule has 0 aliphatic carbocycles. The van der Waals surface area contributed by atoms with Crippen molar-refractivity contribution < 1.29 is 18.0 Å². The van der Waals surface area contributed by atoms with Crippen molar-refractivity contribution in [3.05, 3.63) is 82.4 Å². The summed E-state index contributed by atoms with van der Waals surface area (Å²) in [5.41, 5.74) is 3.48. The van der Waals surface area contributed by atoms with E-state index in [1.165, 1.54) is 25.1 Å². The van der Waals surface area contributed by atoms with Gasteiger partial charge in [0.1, 0.15) is 0 Å². The number of halogens is 1. The van der Waals surface area contributed by atoms with E-state index < -0.39 is 15.9 Å². The van der Waals surface area contributed by atoms with Crippen molar-refractivity contribution in [3.63, 3.8) is 0 Å². The van der Waals surface area contributed by atoms with Crippen LogP contribution in [0.4, 0.5) is 17.1 Å². The molecule has 0 aliphatic rings. The van der Waals surface area contributed by atoms with Crippen LogP contribution in [0.15, 0.2) is 65.6 Å². The lowest BCUT2D eigenvalue weighted by molar-refractivity contribution is -0.114. The molecule has 0 atom stereocenters. The Bertz CT molecular complexity index is 1290. The number of rotatable bonds is 6. The molecule has 9 heteroatoms. The molecular weight excluding hydrogens is 450 g/mol. The Balaban J connectivity index is 1.81. The van der Waals surface area contributed by atoms with Crippen LogP contribution in [0.25, 0.3) is 0 Å². The topological polar surface area (TPSA) is 104 Å². The maximum atomic E-state index is 12.8. The number of carbonyl (C=O) groups excluding carboxylic acids is 2. The van der Waals surface area contributed by atoms with E-state index in [4.69, 9.17) is 11.6 Å². The second-order valence-corrected chi connectivity index (χ2v) is 9.35. The number of anilines is 3. The lowest BCUT2D eigenvalue weighted by Gasteiger charge is -2.12. The second kappa shape index (κ2) is 9.42. The molecule has 0 aromatic heterocycles. The van der Waals surface area contributed by atoms with Crippen LogP contribution in [0.5, 0.6) is 0 Å². The summed E-state index contributed by atoms with van der Waals surface area (Å²) in [4.78, 5) is 23.8. The third-order valence-electron chi connectivity index (χ3n) is 4.72. The second-order valence-electron chi connectivity index (χ2n) is 7.26. The lowest BCUT2D eigenvalue weighted by atomic mass is 10.1. The third-order valence-corrected chi connectivity index (χ3v) is 6.42. The van der Waals surface area contributed by atoms with Gasteiger partial charge in [0.05, 0.1) is 15.5 Å². The van der Waals surface area contributed by atoms with Crippen molar-refractivity contribution in [2.24, 2.45) is 0 Å². The zero-order valence-corrected chi connectivity index (χ0v) is 19.3. The fourth-order valence-corrected chi connectivity index (χ4v) is 4.18. The first-order chi connectivity index (χ1) is 15.0. The summed E-state index contributed by atoms with van der Waals surface area (Å²) in [5.74, 6) is -0.772. The van der Waals surface area contributed by atoms with E-state index in [-0.39, 0.29) is 21.4 Å². The van der Waals surface area contributed by atoms with Gasteiger partial charge in [-0.1, -0.05) is 17.7 Å². The molecule has 0 spiro atoms. The average Bonchev–Trinajstić information content (AvgIpc) is 2.71. The van der Waals surface area contributed by atoms with Crippen molar-refractivity contribution in [2.45, 2.75) is 25.7 Å². The molecule has 0 radical (unpaired) electrons. The first-order valence-electron chi connectivity index (χ1n) is 9.64. The standard InChI is InChI=1S/C23H22ClN3O4S/c1-14-4-5-19(12-15(14)2)27-32(30,31)20-10-11-22(24)21(13-20)23(29)26-18-8-6-17(7-9-18)25-16(3)28/h4-13,27H,1-3H3,(H,25,28)(H,26,29). The van der Waals surface area contributed by atoms with Gasteiger partial charge in [0.25, 0.3) is 15.9 Å². The van der Waals surface area contributed by atoms with Gasteiger partial charge < -0.3 is 10.6 Å². The highest BCUT2D eigenvalue weighted by Crippen LogP contribution is 2.25. The van der Waals surface area contributed by atoms with Crippen molar-refractivity contribution in [1.82, 2.24) is 0 Å². The van der Waals surface area contributed by atoms with E-state index in [9.17, 15) is 18.0 Å². The highest BCUT2D eigenvalue weighted by atomic mass is 35.5. The van der Waals surface area contributed by atoms with E-state index in [1.807, 2.05) is 19.9 Å². The summed E-state index contributed by atoms with van der Waals surface area (Å²) < 4.78 is 28.2. The number of aryl methyl sites for hydroxylation is 2. The van der Waals surface area contributed by atoms with Gasteiger partial charge in [-0.3, -0.25) is 14.3 Å². The van der Waals surface area contributed by atoms with Crippen molar-refractivity contribution in [3.8, 4) is 0 Å². The molecule has 3 rings (SSSR count). The smallest absolute Gasteiger partial charge is 0.261 e. The van der Waals surface area contributed by atoms with E-state index in [0.717, 1.165) is 11.1 Å². The molecule has 0 saturated carbocycles. The Morgan fingerprint density at radius 1 is 0.781 bits per heavy atom. The number of carbonyl (C=O) groups is 2. The number of hydrogen-bond acceptors (Lipinski definition) is 4. The van der Waals surface area contributed by atoms with Gasteiger partial charge in [-0.15, -0.1) is 0 Å². The molecule has 0 bridgehead atoms. The minimum absolute atomic E-state index is 0.0144. The highest BCUT2D eigenvalue weighted by molar-refractivity contribution is 7.92. The molecule has 0 unspecified atom stereocenters. The van der Waals surface area contributed by atoms with Crippen LogP contribution < -0.4 is 15.4 Å². The van der Waals surface area contributed by atoms with E-state index in [2.05, 4.69) is 15.4 Å². The molecule has 7 nitrogen and oxygen atoms in total. The molecule has 3 N–H and O–H groups in total. The van der Waals surface area contributed by atoms with Crippen LogP contribution in [0.1, 0.15) is 28.4 Å². The molecule has 3 aromatic rings. The molecule has 0 fully saturated rings. The van der Waals surface area contributed by atoms with Gasteiger partial charge in [-0.2, -0.15) is 0 Å². The van der Waals surface area contributed by atoms with Crippen LogP contribution in [0.3, 0.4) is 0 Å². The van der Waals surface area contributed by atoms with Gasteiger partial charge in [-0.25, -0.2) is 8.42 Å². The quantitative estimate of drug-likeness (QED) is 0.472. The Labute approximate surface area is 191 Å². The Hall–Kier alpha value is -3.36. The molecule has 0 heterocycles. The zero-order chi connectivity index (χ0) is 23.5. The average molecular weight is 472 g/mol. The van der Waals surface area contributed by atoms with Crippen molar-refractivity contribution >= 4 is 50.5 Å². The number of amides is 2. The van der Waals surface area contributed by atoms with Gasteiger partial charge in [0.2, 0.25) is 5.91 Å². The van der Waals surface area contributed by atoms with E-state index >= 15 is 0 Å². The number of benzene rings is 3. The van der Waals surface area contributed by atoms with Crippen LogP contribution in [0, 0.1) is 13.8 Å². The summed E-state index contributed by atoms with van der Waals surface area (Å²) in [6.45, 7) is 5.22. The molecule has 2 amide bonds. The Morgan fingerprint density at radius 2 is 1.38 bits per heavy atom. The summed E-state index contributed by atoms with van der Waals surface area (Å²) in [7, 11) is -3.93. The Kier molecular flexibility index (Phi) is 6.86. The molecule has 0 aliphatic heterocycles. The van der Waals surface area contributed by atoms with Crippen LogP contribution in [-0.4, -0.2) is 20.2 Å². The summed E-state index contributed by atoms with van der Waals surface area (Å²) in [5, 5.41) is 5.41. The van der Waals surface area contributed by atoms with Crippen LogP contribution >= 0.6 is 11.6 Å². The largest absolute Gasteiger partial charge is 0.326 e. The number of nitrogens with one attached hydrogen (secondary N) is 3. The SMILES string of the molecule is CC(=O)Nc1ccc(NC(=O)c2cc(S(=O)(=O)Nc3ccc(C)c(C)c3)ccc2Cl)cc1. The summed E-state index contributed by atoms with van der Waals surface area (Å²) in [6, 6.07) is 15.7. The van der Waals surface area contributed by atoms with Crippen molar-refractivity contribution in [1.29, 1.82) is 0 Å². The maximum Gasteiger partial charge on any atom is 0.261 e. The maximum absolute atomic E-state index is 12.8. The summed E-state index contributed by atoms with van der Waals surface area (Å²) in [6.07, 6.45) is 0. The first kappa shape index (κ1) is 23.3. The van der Waals surface area contributed by atoms with Crippen LogP contribution in [-0.2, 0) is 14.8 Å². The molecule has 0 saturated heterocycles. The Morgan fingerprint density at radius 3 is 1.97 bits per heavy atom. The van der Waals surface area contributed by atoms with Gasteiger partial charge in [0.15, 0.2) is 0 Å². The van der Waals surface area contributed by atoms with Gasteiger partial charge in [0, 0.05) is 24.0 Å². The minimum atomic E-state index is -3.93. The van der Waals surface area contributed by atoms with E-state index in [0.29, 0.717) is 17.1 Å². The predicted octanol–water partition coefficient (Wildman–Crippen LogP) is 4.97. The molecule has 32 heavy (non-hydrogen) atoms. The lowest BCUT2D eigenvalue weighted by Crippen LogP contribution is -2.16. The molecule has 3 aromatic carbocycles. The monoisotopic (exact) mass is 471 g/mol. The van der Waals surface area contributed by atoms with Crippen molar-refractivity contribution in [2.75, 3.05) is 15.4 Å². The fraction of sp³-hybridized carbons (Fsp3) is 0.130. The normalized spacial score (nSPS) is 11.0. The third kappa shape index (κ3) is 5.66. The van der Waals surface area contributed by atoms with Gasteiger partial charge in [-0.05, 0) is 79.6 Å². The molecular formula is C23H22ClN3O4S. The van der Waals surface area contributed by atoms with E-state index in [1.54, 1.807) is 36.4 Å². The molecule has 166 valence electrons. The fourth-order valence-electron chi connectivity index (χ4n) is 2.90. The predicted molar refractivity (Wildman–Crippen MR) is 127 cm³/mol. The zero-order valence-electron chi connectivity index (χ0n) is 17.7. The first-order valence-corrected chi connectivity index (χ1v) is 11.5. The van der Waals surface area contributed by atoms with Crippen LogP contribution in [0.2, 0.25) is 5.02 Å².